The zero-order chi connectivity index (χ0) is 20.0. The van der Waals surface area contributed by atoms with E-state index in [2.05, 4.69) is 32.0 Å². The second-order valence-electron chi connectivity index (χ2n) is 6.75. The lowest BCUT2D eigenvalue weighted by Gasteiger charge is -2.13. The molecule has 0 saturated carbocycles. The average molecular weight is 463 g/mol. The van der Waals surface area contributed by atoms with Crippen LogP contribution >= 0.6 is 15.9 Å². The van der Waals surface area contributed by atoms with E-state index in [9.17, 15) is 13.2 Å². The summed E-state index contributed by atoms with van der Waals surface area (Å²) in [5, 5.41) is 2.91. The van der Waals surface area contributed by atoms with Gasteiger partial charge in [0.25, 0.3) is 15.9 Å². The van der Waals surface area contributed by atoms with Crippen LogP contribution in [0, 0.1) is 0 Å². The summed E-state index contributed by atoms with van der Waals surface area (Å²) in [5.74, 6) is -0.207. The van der Waals surface area contributed by atoms with Crippen LogP contribution in [-0.2, 0) is 10.0 Å². The summed E-state index contributed by atoms with van der Waals surface area (Å²) in [4.78, 5) is 12.6. The third kappa shape index (κ3) is 5.69. The molecule has 1 aliphatic carbocycles. The molecule has 1 amide bonds. The van der Waals surface area contributed by atoms with E-state index in [4.69, 9.17) is 0 Å². The fourth-order valence-corrected chi connectivity index (χ4v) is 4.44. The minimum absolute atomic E-state index is 0.159. The van der Waals surface area contributed by atoms with Gasteiger partial charge in [0.15, 0.2) is 0 Å². The van der Waals surface area contributed by atoms with E-state index in [0.29, 0.717) is 17.8 Å². The van der Waals surface area contributed by atoms with Crippen molar-refractivity contribution in [1.82, 2.24) is 5.32 Å². The standard InChI is InChI=1S/C21H23BrN2O3S/c22-18-9-11-20(12-10-18)28(26,27)24-19-8-4-7-17(15-19)21(25)23-14-13-16-5-2-1-3-6-16/h4-5,7-12,15,24H,1-3,6,13-14H2,(H,23,25). The molecule has 3 rings (SSSR count). The number of allylic oxidation sites excluding steroid dienone is 1. The Balaban J connectivity index is 1.62. The highest BCUT2D eigenvalue weighted by Crippen LogP contribution is 2.21. The van der Waals surface area contributed by atoms with Gasteiger partial charge < -0.3 is 5.32 Å². The molecule has 5 nitrogen and oxygen atoms in total. The molecule has 2 aromatic rings. The molecule has 0 fully saturated rings. The summed E-state index contributed by atoms with van der Waals surface area (Å²) in [7, 11) is -3.71. The highest BCUT2D eigenvalue weighted by molar-refractivity contribution is 9.10. The molecule has 0 atom stereocenters. The fraction of sp³-hybridized carbons (Fsp3) is 0.286. The first-order valence-corrected chi connectivity index (χ1v) is 11.6. The van der Waals surface area contributed by atoms with Crippen molar-refractivity contribution in [3.05, 3.63) is 70.2 Å². The maximum atomic E-state index is 12.5. The number of halogens is 1. The quantitative estimate of drug-likeness (QED) is 0.576. The lowest BCUT2D eigenvalue weighted by Crippen LogP contribution is -2.25. The molecule has 0 heterocycles. The minimum Gasteiger partial charge on any atom is -0.352 e. The first-order valence-electron chi connectivity index (χ1n) is 9.29. The highest BCUT2D eigenvalue weighted by Gasteiger charge is 2.15. The molecule has 2 N–H and O–H groups in total. The maximum absolute atomic E-state index is 12.5. The molecule has 0 bridgehead atoms. The van der Waals surface area contributed by atoms with Gasteiger partial charge in [0, 0.05) is 22.3 Å². The van der Waals surface area contributed by atoms with Crippen molar-refractivity contribution in [1.29, 1.82) is 0 Å². The van der Waals surface area contributed by atoms with Crippen LogP contribution in [0.25, 0.3) is 0 Å². The van der Waals surface area contributed by atoms with Gasteiger partial charge in [0.05, 0.1) is 4.90 Å². The van der Waals surface area contributed by atoms with Gasteiger partial charge in [-0.2, -0.15) is 0 Å². The minimum atomic E-state index is -3.71. The van der Waals surface area contributed by atoms with E-state index in [1.54, 1.807) is 36.4 Å². The topological polar surface area (TPSA) is 75.3 Å². The zero-order valence-corrected chi connectivity index (χ0v) is 17.9. The summed E-state index contributed by atoms with van der Waals surface area (Å²) < 4.78 is 28.3. The molecule has 7 heteroatoms. The fourth-order valence-electron chi connectivity index (χ4n) is 3.12. The molecule has 28 heavy (non-hydrogen) atoms. The van der Waals surface area contributed by atoms with E-state index in [0.717, 1.165) is 23.7 Å². The van der Waals surface area contributed by atoms with Crippen LogP contribution in [0.4, 0.5) is 5.69 Å². The van der Waals surface area contributed by atoms with Crippen molar-refractivity contribution < 1.29 is 13.2 Å². The van der Waals surface area contributed by atoms with E-state index in [1.807, 2.05) is 0 Å². The number of hydrogen-bond donors (Lipinski definition) is 2. The van der Waals surface area contributed by atoms with E-state index >= 15 is 0 Å². The number of anilines is 1. The Morgan fingerprint density at radius 1 is 1.07 bits per heavy atom. The number of carbonyl (C=O) groups is 1. The lowest BCUT2D eigenvalue weighted by atomic mass is 9.97. The smallest absolute Gasteiger partial charge is 0.261 e. The van der Waals surface area contributed by atoms with Crippen molar-refractivity contribution in [2.24, 2.45) is 0 Å². The largest absolute Gasteiger partial charge is 0.352 e. The monoisotopic (exact) mass is 462 g/mol. The van der Waals surface area contributed by atoms with Crippen molar-refractivity contribution in [2.45, 2.75) is 37.0 Å². The van der Waals surface area contributed by atoms with Gasteiger partial charge in [0.2, 0.25) is 0 Å². The number of sulfonamides is 1. The summed E-state index contributed by atoms with van der Waals surface area (Å²) >= 11 is 3.29. The van der Waals surface area contributed by atoms with Crippen LogP contribution in [0.5, 0.6) is 0 Å². The number of carbonyl (C=O) groups excluding carboxylic acids is 1. The Hall–Kier alpha value is -2.12. The molecule has 0 unspecified atom stereocenters. The van der Waals surface area contributed by atoms with Crippen LogP contribution in [0.2, 0.25) is 0 Å². The molecule has 0 aliphatic heterocycles. The first kappa shape index (κ1) is 20.6. The molecule has 0 spiro atoms. The molecule has 0 radical (unpaired) electrons. The molecule has 0 saturated heterocycles. The number of rotatable bonds is 7. The van der Waals surface area contributed by atoms with E-state index in [-0.39, 0.29) is 10.8 Å². The Morgan fingerprint density at radius 3 is 2.57 bits per heavy atom. The van der Waals surface area contributed by atoms with Gasteiger partial charge in [0.1, 0.15) is 0 Å². The third-order valence-corrected chi connectivity index (χ3v) is 6.54. The highest BCUT2D eigenvalue weighted by atomic mass is 79.9. The van der Waals surface area contributed by atoms with Crippen molar-refractivity contribution >= 4 is 37.5 Å². The molecule has 2 aromatic carbocycles. The summed E-state index contributed by atoms with van der Waals surface area (Å²) in [5.41, 5.74) is 2.18. The third-order valence-electron chi connectivity index (χ3n) is 4.62. The summed E-state index contributed by atoms with van der Waals surface area (Å²) in [6, 6.07) is 12.9. The number of nitrogens with one attached hydrogen (secondary N) is 2. The number of benzene rings is 2. The molecule has 148 valence electrons. The van der Waals surface area contributed by atoms with Gasteiger partial charge in [-0.05, 0) is 74.6 Å². The number of hydrogen-bond acceptors (Lipinski definition) is 3. The van der Waals surface area contributed by atoms with Gasteiger partial charge in [-0.1, -0.05) is 33.6 Å². The van der Waals surface area contributed by atoms with Crippen molar-refractivity contribution in [2.75, 3.05) is 11.3 Å². The summed E-state index contributed by atoms with van der Waals surface area (Å²) in [6.07, 6.45) is 7.85. The predicted molar refractivity (Wildman–Crippen MR) is 115 cm³/mol. The SMILES string of the molecule is O=C(NCCC1=CCCCC1)c1cccc(NS(=O)(=O)c2ccc(Br)cc2)c1. The zero-order valence-electron chi connectivity index (χ0n) is 15.4. The van der Waals surface area contributed by atoms with E-state index in [1.165, 1.54) is 30.5 Å². The first-order chi connectivity index (χ1) is 13.4. The average Bonchev–Trinajstić information content (AvgIpc) is 2.69. The van der Waals surface area contributed by atoms with Crippen LogP contribution in [0.1, 0.15) is 42.5 Å². The Morgan fingerprint density at radius 2 is 1.86 bits per heavy atom. The maximum Gasteiger partial charge on any atom is 0.261 e. The van der Waals surface area contributed by atoms with Crippen LogP contribution in [-0.4, -0.2) is 20.9 Å². The normalized spacial score (nSPS) is 14.2. The van der Waals surface area contributed by atoms with Gasteiger partial charge >= 0.3 is 0 Å². The van der Waals surface area contributed by atoms with Gasteiger partial charge in [-0.25, -0.2) is 8.42 Å². The van der Waals surface area contributed by atoms with Crippen LogP contribution in [0.15, 0.2) is 69.5 Å². The van der Waals surface area contributed by atoms with E-state index < -0.39 is 10.0 Å². The van der Waals surface area contributed by atoms with Crippen LogP contribution in [0.3, 0.4) is 0 Å². The summed E-state index contributed by atoms with van der Waals surface area (Å²) in [6.45, 7) is 0.583. The van der Waals surface area contributed by atoms with Crippen molar-refractivity contribution in [3.8, 4) is 0 Å². The van der Waals surface area contributed by atoms with Crippen molar-refractivity contribution in [3.63, 3.8) is 0 Å². The Bertz CT molecular complexity index is 969. The van der Waals surface area contributed by atoms with Gasteiger partial charge in [-0.3, -0.25) is 9.52 Å². The Kier molecular flexibility index (Phi) is 6.91. The molecular formula is C21H23BrN2O3S. The predicted octanol–water partition coefficient (Wildman–Crippen LogP) is 4.87. The number of amides is 1. The van der Waals surface area contributed by atoms with Crippen LogP contribution < -0.4 is 10.0 Å². The Labute approximate surface area is 174 Å². The van der Waals surface area contributed by atoms with Gasteiger partial charge in [-0.15, -0.1) is 0 Å². The second-order valence-corrected chi connectivity index (χ2v) is 9.35. The molecule has 1 aliphatic rings. The molecular weight excluding hydrogens is 440 g/mol. The second kappa shape index (κ2) is 9.39. The molecule has 0 aromatic heterocycles. The lowest BCUT2D eigenvalue weighted by molar-refractivity contribution is 0.0954.